The fraction of sp³-hybridized carbons (Fsp3) is 0.0312. The zero-order valence-corrected chi connectivity index (χ0v) is 24.0. The first-order valence-corrected chi connectivity index (χ1v) is 15.7. The monoisotopic (exact) mass is 581 g/mol. The van der Waals surface area contributed by atoms with Crippen LogP contribution in [0.5, 0.6) is 0 Å². The molecule has 0 unspecified atom stereocenters. The molecule has 39 heavy (non-hydrogen) atoms. The molecule has 4 aromatic heterocycles. The van der Waals surface area contributed by atoms with Gasteiger partial charge in [0.1, 0.15) is 22.9 Å². The normalized spacial score (nSPS) is 11.2. The van der Waals surface area contributed by atoms with Gasteiger partial charge < -0.3 is 4.74 Å². The van der Waals surface area contributed by atoms with E-state index in [-0.39, 0.29) is 0 Å². The first kappa shape index (κ1) is 25.5. The molecule has 0 radical (unpaired) electrons. The summed E-state index contributed by atoms with van der Waals surface area (Å²) in [6.45, 7) is 0.354. The Hall–Kier alpha value is -3.75. The van der Waals surface area contributed by atoms with Crippen molar-refractivity contribution in [3.8, 4) is 19.5 Å². The number of ether oxygens (including phenoxy) is 1. The summed E-state index contributed by atoms with van der Waals surface area (Å²) >= 11 is 7.14. The molecule has 7 heteroatoms. The third-order valence-corrected chi connectivity index (χ3v) is 10.4. The second-order valence-corrected chi connectivity index (χ2v) is 12.6. The Morgan fingerprint density at radius 3 is 1.90 bits per heavy atom. The summed E-state index contributed by atoms with van der Waals surface area (Å²) in [6, 6.07) is 33.4. The van der Waals surface area contributed by atoms with Crippen LogP contribution in [0.2, 0.25) is 0 Å². The van der Waals surface area contributed by atoms with Gasteiger partial charge >= 0.3 is 0 Å². The lowest BCUT2D eigenvalue weighted by Crippen LogP contribution is -2.06. The summed E-state index contributed by atoms with van der Waals surface area (Å²) in [5, 5.41) is 6.60. The van der Waals surface area contributed by atoms with Gasteiger partial charge in [-0.15, -0.1) is 45.3 Å². The minimum Gasteiger partial charge on any atom is -0.496 e. The van der Waals surface area contributed by atoms with Crippen LogP contribution in [0.3, 0.4) is 0 Å². The molecule has 0 spiro atoms. The fourth-order valence-electron chi connectivity index (χ4n) is 4.14. The zero-order chi connectivity index (χ0) is 26.4. The molecule has 6 rings (SSSR count). The molecule has 0 N–H and O–H groups in total. The van der Waals surface area contributed by atoms with Crippen LogP contribution in [0.4, 0.5) is 15.7 Å². The average molecular weight is 582 g/mol. The van der Waals surface area contributed by atoms with Crippen molar-refractivity contribution in [1.29, 1.82) is 0 Å². The number of benzene rings is 2. The number of hydrogen-bond donors (Lipinski definition) is 0. The highest BCUT2D eigenvalue weighted by Gasteiger charge is 2.18. The number of anilines is 3. The van der Waals surface area contributed by atoms with Crippen LogP contribution < -0.4 is 4.90 Å². The fourth-order valence-corrected chi connectivity index (χ4v) is 7.95. The molecule has 4 heterocycles. The number of aldehydes is 1. The maximum atomic E-state index is 11.2. The highest BCUT2D eigenvalue weighted by Crippen LogP contribution is 2.46. The molecular formula is C32H23NO2S4. The van der Waals surface area contributed by atoms with Crippen LogP contribution in [0, 0.1) is 0 Å². The number of hydrogen-bond acceptors (Lipinski definition) is 7. The Balaban J connectivity index is 1.24. The van der Waals surface area contributed by atoms with Gasteiger partial charge in [-0.3, -0.25) is 9.69 Å². The Bertz CT molecular complexity index is 1600. The predicted octanol–water partition coefficient (Wildman–Crippen LogP) is 10.7. The molecule has 2 aromatic carbocycles. The summed E-state index contributed by atoms with van der Waals surface area (Å²) in [5.74, 6) is 0. The van der Waals surface area contributed by atoms with Crippen molar-refractivity contribution in [2.75, 3.05) is 4.90 Å². The third kappa shape index (κ3) is 5.82. The van der Waals surface area contributed by atoms with Crippen molar-refractivity contribution >= 4 is 73.4 Å². The zero-order valence-electron chi connectivity index (χ0n) is 20.7. The SMILES string of the molecule is O=Cc1ccccc1COC=Cc1ccc(N(c2ccc(-c3cccs3)s2)c2ccc(-c3cccs3)s2)cc1. The maximum absolute atomic E-state index is 11.2. The molecule has 3 nitrogen and oxygen atoms in total. The molecule has 0 atom stereocenters. The van der Waals surface area contributed by atoms with E-state index in [2.05, 4.69) is 88.5 Å². The lowest BCUT2D eigenvalue weighted by molar-refractivity contribution is 0.112. The lowest BCUT2D eigenvalue weighted by Gasteiger charge is -2.21. The third-order valence-electron chi connectivity index (χ3n) is 6.08. The standard InChI is InChI=1S/C32H23NO2S4/c34-21-24-5-1-2-6-25(24)22-35-18-17-23-9-11-26(12-10-23)33(31-15-13-29(38-31)27-7-3-19-36-27)32-16-14-30(39-32)28-8-4-20-37-28/h1-21H,22H2. The molecule has 0 saturated carbocycles. The van der Waals surface area contributed by atoms with E-state index in [1.165, 1.54) is 29.5 Å². The molecule has 6 aromatic rings. The van der Waals surface area contributed by atoms with Gasteiger partial charge in [0.25, 0.3) is 0 Å². The van der Waals surface area contributed by atoms with Gasteiger partial charge in [0, 0.05) is 30.8 Å². The van der Waals surface area contributed by atoms with Gasteiger partial charge in [0.05, 0.1) is 6.26 Å². The molecule has 0 aliphatic heterocycles. The van der Waals surface area contributed by atoms with Gasteiger partial charge in [0.15, 0.2) is 0 Å². The smallest absolute Gasteiger partial charge is 0.150 e. The number of thiophene rings is 4. The first-order chi connectivity index (χ1) is 19.3. The number of nitrogens with zero attached hydrogens (tertiary/aromatic N) is 1. The quantitative estimate of drug-likeness (QED) is 0.119. The summed E-state index contributed by atoms with van der Waals surface area (Å²) in [7, 11) is 0. The van der Waals surface area contributed by atoms with Crippen molar-refractivity contribution in [2.45, 2.75) is 6.61 Å². The van der Waals surface area contributed by atoms with Gasteiger partial charge in [-0.05, 0) is 76.5 Å². The summed E-state index contributed by atoms with van der Waals surface area (Å²) in [5.41, 5.74) is 3.67. The maximum Gasteiger partial charge on any atom is 0.150 e. The predicted molar refractivity (Wildman–Crippen MR) is 169 cm³/mol. The molecule has 0 bridgehead atoms. The number of carbonyl (C=O) groups is 1. The van der Waals surface area contributed by atoms with Crippen molar-refractivity contribution in [1.82, 2.24) is 0 Å². The van der Waals surface area contributed by atoms with Gasteiger partial charge in [-0.1, -0.05) is 48.5 Å². The first-order valence-electron chi connectivity index (χ1n) is 12.3. The van der Waals surface area contributed by atoms with Gasteiger partial charge in [0.2, 0.25) is 0 Å². The van der Waals surface area contributed by atoms with E-state index < -0.39 is 0 Å². The van der Waals surface area contributed by atoms with E-state index in [1.54, 1.807) is 57.7 Å². The Morgan fingerprint density at radius 2 is 1.31 bits per heavy atom. The van der Waals surface area contributed by atoms with E-state index in [0.29, 0.717) is 12.2 Å². The van der Waals surface area contributed by atoms with E-state index in [0.717, 1.165) is 23.1 Å². The van der Waals surface area contributed by atoms with E-state index in [4.69, 9.17) is 4.74 Å². The summed E-state index contributed by atoms with van der Waals surface area (Å²) in [4.78, 5) is 18.7. The van der Waals surface area contributed by atoms with Crippen molar-refractivity contribution < 1.29 is 9.53 Å². The molecule has 0 aliphatic carbocycles. The summed E-state index contributed by atoms with van der Waals surface area (Å²) < 4.78 is 5.71. The lowest BCUT2D eigenvalue weighted by atomic mass is 10.1. The highest BCUT2D eigenvalue weighted by atomic mass is 32.1. The van der Waals surface area contributed by atoms with Crippen LogP contribution in [0.25, 0.3) is 25.6 Å². The van der Waals surface area contributed by atoms with Crippen LogP contribution >= 0.6 is 45.3 Å². The molecule has 0 fully saturated rings. The van der Waals surface area contributed by atoms with Crippen molar-refractivity contribution in [3.63, 3.8) is 0 Å². The molecular weight excluding hydrogens is 559 g/mol. The van der Waals surface area contributed by atoms with Crippen LogP contribution in [-0.4, -0.2) is 6.29 Å². The molecule has 192 valence electrons. The van der Waals surface area contributed by atoms with Crippen LogP contribution in [0.1, 0.15) is 21.5 Å². The highest BCUT2D eigenvalue weighted by molar-refractivity contribution is 7.25. The number of rotatable bonds is 10. The molecule has 0 aliphatic rings. The van der Waals surface area contributed by atoms with Gasteiger partial charge in [-0.25, -0.2) is 0 Å². The molecule has 0 saturated heterocycles. The molecule has 0 amide bonds. The van der Waals surface area contributed by atoms with Crippen LogP contribution in [0.15, 0.2) is 114 Å². The van der Waals surface area contributed by atoms with E-state index in [1.807, 2.05) is 24.3 Å². The second-order valence-electron chi connectivity index (χ2n) is 8.59. The van der Waals surface area contributed by atoms with E-state index in [9.17, 15) is 4.79 Å². The minimum absolute atomic E-state index is 0.354. The minimum atomic E-state index is 0.354. The second kappa shape index (κ2) is 12.0. The Kier molecular flexibility index (Phi) is 7.83. The van der Waals surface area contributed by atoms with Gasteiger partial charge in [-0.2, -0.15) is 0 Å². The number of carbonyl (C=O) groups excluding carboxylic acids is 1. The summed E-state index contributed by atoms with van der Waals surface area (Å²) in [6.07, 6.45) is 4.49. The van der Waals surface area contributed by atoms with Crippen molar-refractivity contribution in [2.24, 2.45) is 0 Å². The Morgan fingerprint density at radius 1 is 0.667 bits per heavy atom. The average Bonchev–Trinajstić information content (AvgIpc) is 3.80. The van der Waals surface area contributed by atoms with Crippen molar-refractivity contribution in [3.05, 3.63) is 131 Å². The van der Waals surface area contributed by atoms with E-state index >= 15 is 0 Å². The van der Waals surface area contributed by atoms with Crippen LogP contribution in [-0.2, 0) is 11.3 Å². The largest absolute Gasteiger partial charge is 0.496 e. The topological polar surface area (TPSA) is 29.5 Å². The Labute approximate surface area is 243 Å².